The molecule has 3 aromatic carbocycles. The Morgan fingerprint density at radius 2 is 1.68 bits per heavy atom. The van der Waals surface area contributed by atoms with E-state index in [1.807, 2.05) is 58.9 Å². The number of fused-ring (bicyclic) bond motifs is 1. The molecule has 0 atom stereocenters. The smallest absolute Gasteiger partial charge is 0.270 e. The zero-order valence-corrected chi connectivity index (χ0v) is 21.2. The van der Waals surface area contributed by atoms with Crippen molar-refractivity contribution < 1.29 is 14.0 Å². The summed E-state index contributed by atoms with van der Waals surface area (Å²) in [4.78, 5) is 30.6. The molecule has 1 aliphatic heterocycles. The van der Waals surface area contributed by atoms with Gasteiger partial charge in [0.25, 0.3) is 11.8 Å². The number of piperazine rings is 1. The van der Waals surface area contributed by atoms with Crippen LogP contribution in [0.2, 0.25) is 0 Å². The molecule has 2 amide bonds. The lowest BCUT2D eigenvalue weighted by Gasteiger charge is -2.34. The van der Waals surface area contributed by atoms with E-state index in [1.54, 1.807) is 18.2 Å². The number of hydrogen-bond donors (Lipinski definition) is 1. The summed E-state index contributed by atoms with van der Waals surface area (Å²) >= 11 is 0. The Bertz CT molecular complexity index is 1440. The highest BCUT2D eigenvalue weighted by Gasteiger charge is 2.25. The van der Waals surface area contributed by atoms with Crippen LogP contribution in [0.25, 0.3) is 10.9 Å². The first-order valence-electron chi connectivity index (χ1n) is 12.7. The third kappa shape index (κ3) is 5.42. The van der Waals surface area contributed by atoms with E-state index in [0.717, 1.165) is 41.7 Å². The molecule has 6 nitrogen and oxygen atoms in total. The van der Waals surface area contributed by atoms with Gasteiger partial charge in [-0.05, 0) is 67.6 Å². The van der Waals surface area contributed by atoms with Gasteiger partial charge in [-0.15, -0.1) is 0 Å². The molecule has 0 bridgehead atoms. The minimum atomic E-state index is -0.307. The summed E-state index contributed by atoms with van der Waals surface area (Å²) in [6.07, 6.45) is 0. The summed E-state index contributed by atoms with van der Waals surface area (Å²) in [5.41, 5.74) is 4.51. The second-order valence-electron chi connectivity index (χ2n) is 9.57. The molecule has 190 valence electrons. The van der Waals surface area contributed by atoms with Gasteiger partial charge < -0.3 is 19.7 Å². The number of carbonyl (C=O) groups excluding carboxylic acids is 2. The van der Waals surface area contributed by atoms with Crippen molar-refractivity contribution in [3.05, 3.63) is 101 Å². The second-order valence-corrected chi connectivity index (χ2v) is 9.57. The summed E-state index contributed by atoms with van der Waals surface area (Å²) in [5.74, 6) is -0.532. The molecule has 0 unspecified atom stereocenters. The zero-order chi connectivity index (χ0) is 25.9. The molecule has 1 saturated heterocycles. The summed E-state index contributed by atoms with van der Waals surface area (Å²) in [6, 6.07) is 21.4. The number of nitrogens with zero attached hydrogens (tertiary/aromatic N) is 3. The predicted octanol–water partition coefficient (Wildman–Crippen LogP) is 5.17. The number of rotatable bonds is 6. The van der Waals surface area contributed by atoms with Crippen LogP contribution in [0.4, 0.5) is 10.1 Å². The average molecular weight is 499 g/mol. The summed E-state index contributed by atoms with van der Waals surface area (Å²) in [7, 11) is 0. The maximum Gasteiger partial charge on any atom is 0.270 e. The summed E-state index contributed by atoms with van der Waals surface area (Å²) in [5, 5.41) is 3.80. The van der Waals surface area contributed by atoms with Gasteiger partial charge in [-0.1, -0.05) is 36.8 Å². The number of aryl methyl sites for hydroxylation is 1. The van der Waals surface area contributed by atoms with Crippen LogP contribution in [-0.2, 0) is 6.54 Å². The van der Waals surface area contributed by atoms with E-state index in [1.165, 1.54) is 12.1 Å². The molecule has 5 rings (SSSR count). The van der Waals surface area contributed by atoms with Gasteiger partial charge in [0.2, 0.25) is 0 Å². The van der Waals surface area contributed by atoms with E-state index in [9.17, 15) is 14.0 Å². The molecule has 0 spiro atoms. The highest BCUT2D eigenvalue weighted by molar-refractivity contribution is 6.06. The van der Waals surface area contributed by atoms with Crippen LogP contribution in [-0.4, -0.2) is 58.9 Å². The van der Waals surface area contributed by atoms with Gasteiger partial charge in [0.1, 0.15) is 11.5 Å². The van der Waals surface area contributed by atoms with Gasteiger partial charge in [0.15, 0.2) is 0 Å². The van der Waals surface area contributed by atoms with Gasteiger partial charge in [-0.3, -0.25) is 9.59 Å². The molecule has 0 saturated carbocycles. The first kappa shape index (κ1) is 24.7. The van der Waals surface area contributed by atoms with Crippen molar-refractivity contribution in [2.75, 3.05) is 38.0 Å². The molecule has 1 aromatic heterocycles. The van der Waals surface area contributed by atoms with Gasteiger partial charge in [-0.2, -0.15) is 0 Å². The van der Waals surface area contributed by atoms with Crippen molar-refractivity contribution in [2.24, 2.45) is 0 Å². The van der Waals surface area contributed by atoms with E-state index in [4.69, 9.17) is 0 Å². The Morgan fingerprint density at radius 1 is 0.919 bits per heavy atom. The lowest BCUT2D eigenvalue weighted by atomic mass is 10.1. The number of aromatic nitrogens is 1. The monoisotopic (exact) mass is 498 g/mol. The van der Waals surface area contributed by atoms with Gasteiger partial charge in [0, 0.05) is 54.9 Å². The molecule has 0 radical (unpaired) electrons. The standard InChI is InChI=1S/C30H31FN4O2/c1-3-33-13-15-34(16-14-33)30(37)28-19-24-18-26(32-29(36)23-9-7-21(2)8-10-23)11-12-27(24)35(28)20-22-5-4-6-25(31)17-22/h4-12,17-19H,3,13-16,20H2,1-2H3,(H,32,36). The van der Waals surface area contributed by atoms with Gasteiger partial charge in [-0.25, -0.2) is 4.39 Å². The van der Waals surface area contributed by atoms with Crippen molar-refractivity contribution in [3.8, 4) is 0 Å². The molecule has 1 fully saturated rings. The predicted molar refractivity (Wildman–Crippen MR) is 145 cm³/mol. The van der Waals surface area contributed by atoms with Gasteiger partial charge >= 0.3 is 0 Å². The number of carbonyl (C=O) groups is 2. The lowest BCUT2D eigenvalue weighted by Crippen LogP contribution is -2.48. The number of benzene rings is 3. The van der Waals surface area contributed by atoms with Crippen molar-refractivity contribution in [2.45, 2.75) is 20.4 Å². The van der Waals surface area contributed by atoms with E-state index >= 15 is 0 Å². The second kappa shape index (κ2) is 10.6. The fraction of sp³-hybridized carbons (Fsp3) is 0.267. The number of amides is 2. The number of nitrogens with one attached hydrogen (secondary N) is 1. The fourth-order valence-corrected chi connectivity index (χ4v) is 4.85. The van der Waals surface area contributed by atoms with Crippen LogP contribution < -0.4 is 5.32 Å². The fourth-order valence-electron chi connectivity index (χ4n) is 4.85. The molecular weight excluding hydrogens is 467 g/mol. The van der Waals surface area contributed by atoms with Crippen LogP contribution in [0, 0.1) is 12.7 Å². The first-order valence-corrected chi connectivity index (χ1v) is 12.7. The van der Waals surface area contributed by atoms with Gasteiger partial charge in [0.05, 0.1) is 0 Å². The Morgan fingerprint density at radius 3 is 2.38 bits per heavy atom. The van der Waals surface area contributed by atoms with Crippen LogP contribution in [0.3, 0.4) is 0 Å². The van der Waals surface area contributed by atoms with E-state index in [0.29, 0.717) is 36.6 Å². The SMILES string of the molecule is CCN1CCN(C(=O)c2cc3cc(NC(=O)c4ccc(C)cc4)ccc3n2Cc2cccc(F)c2)CC1. The Kier molecular flexibility index (Phi) is 7.06. The topological polar surface area (TPSA) is 57.6 Å². The maximum atomic E-state index is 13.9. The molecular formula is C30H31FN4O2. The third-order valence-electron chi connectivity index (χ3n) is 7.03. The zero-order valence-electron chi connectivity index (χ0n) is 21.2. The molecule has 2 heterocycles. The minimum Gasteiger partial charge on any atom is -0.335 e. The molecule has 1 N–H and O–H groups in total. The lowest BCUT2D eigenvalue weighted by molar-refractivity contribution is 0.0633. The van der Waals surface area contributed by atoms with Crippen molar-refractivity contribution in [1.82, 2.24) is 14.4 Å². The normalized spacial score (nSPS) is 14.2. The third-order valence-corrected chi connectivity index (χ3v) is 7.03. The summed E-state index contributed by atoms with van der Waals surface area (Å²) < 4.78 is 15.9. The molecule has 37 heavy (non-hydrogen) atoms. The number of likely N-dealkylation sites (N-methyl/N-ethyl adjacent to an activating group) is 1. The van der Waals surface area contributed by atoms with Crippen molar-refractivity contribution >= 4 is 28.4 Å². The molecule has 4 aromatic rings. The first-order chi connectivity index (χ1) is 17.9. The molecule has 1 aliphatic rings. The average Bonchev–Trinajstić information content (AvgIpc) is 3.26. The largest absolute Gasteiger partial charge is 0.335 e. The Balaban J connectivity index is 1.47. The Hall–Kier alpha value is -3.97. The van der Waals surface area contributed by atoms with Crippen LogP contribution in [0.15, 0.2) is 72.8 Å². The van der Waals surface area contributed by atoms with Crippen LogP contribution >= 0.6 is 0 Å². The Labute approximate surface area is 216 Å². The van der Waals surface area contributed by atoms with Crippen molar-refractivity contribution in [1.29, 1.82) is 0 Å². The van der Waals surface area contributed by atoms with E-state index in [2.05, 4.69) is 17.1 Å². The highest BCUT2D eigenvalue weighted by Crippen LogP contribution is 2.27. The van der Waals surface area contributed by atoms with Crippen LogP contribution in [0.5, 0.6) is 0 Å². The molecule has 7 heteroatoms. The van der Waals surface area contributed by atoms with E-state index in [-0.39, 0.29) is 17.6 Å². The van der Waals surface area contributed by atoms with Crippen LogP contribution in [0.1, 0.15) is 38.9 Å². The minimum absolute atomic E-state index is 0.0337. The number of hydrogen-bond acceptors (Lipinski definition) is 3. The highest BCUT2D eigenvalue weighted by atomic mass is 19.1. The molecule has 0 aliphatic carbocycles. The van der Waals surface area contributed by atoms with Crippen molar-refractivity contribution in [3.63, 3.8) is 0 Å². The maximum absolute atomic E-state index is 13.9. The summed E-state index contributed by atoms with van der Waals surface area (Å²) in [6.45, 7) is 8.49. The number of anilines is 1. The van der Waals surface area contributed by atoms with E-state index < -0.39 is 0 Å². The quantitative estimate of drug-likeness (QED) is 0.399. The number of halogens is 1.